The molecule has 0 saturated heterocycles. The standard InChI is InChI=1S/C11H22N4O/c1-10(2,16-5)6-7-15-8-9(13-14-15)11(3,4)12/h8H,6-7,12H2,1-5H3. The first-order valence-electron chi connectivity index (χ1n) is 5.49. The van der Waals surface area contributed by atoms with Crippen LogP contribution in [0, 0.1) is 0 Å². The lowest BCUT2D eigenvalue weighted by atomic mass is 10.0. The maximum atomic E-state index is 5.94. The molecule has 5 heteroatoms. The van der Waals surface area contributed by atoms with Gasteiger partial charge >= 0.3 is 0 Å². The second kappa shape index (κ2) is 4.51. The molecule has 0 aliphatic heterocycles. The van der Waals surface area contributed by atoms with Gasteiger partial charge in [0, 0.05) is 13.7 Å². The zero-order chi connectivity index (χ0) is 12.4. The minimum absolute atomic E-state index is 0.135. The van der Waals surface area contributed by atoms with Gasteiger partial charge < -0.3 is 10.5 Å². The minimum atomic E-state index is -0.435. The van der Waals surface area contributed by atoms with Crippen molar-refractivity contribution in [2.24, 2.45) is 5.73 Å². The third-order valence-electron chi connectivity index (χ3n) is 2.69. The van der Waals surface area contributed by atoms with Gasteiger partial charge in [0.1, 0.15) is 5.69 Å². The number of hydrogen-bond acceptors (Lipinski definition) is 4. The van der Waals surface area contributed by atoms with E-state index in [0.29, 0.717) is 0 Å². The highest BCUT2D eigenvalue weighted by molar-refractivity contribution is 5.05. The number of methoxy groups -OCH3 is 1. The van der Waals surface area contributed by atoms with E-state index < -0.39 is 5.54 Å². The Balaban J connectivity index is 2.60. The summed E-state index contributed by atoms with van der Waals surface area (Å²) in [7, 11) is 1.72. The van der Waals surface area contributed by atoms with Crippen LogP contribution >= 0.6 is 0 Å². The van der Waals surface area contributed by atoms with Gasteiger partial charge in [-0.25, -0.2) is 0 Å². The number of nitrogens with zero attached hydrogens (tertiary/aromatic N) is 3. The number of rotatable bonds is 5. The van der Waals surface area contributed by atoms with Crippen molar-refractivity contribution in [3.63, 3.8) is 0 Å². The van der Waals surface area contributed by atoms with Crippen molar-refractivity contribution in [2.75, 3.05) is 7.11 Å². The molecule has 0 atom stereocenters. The normalized spacial score (nSPS) is 13.1. The summed E-state index contributed by atoms with van der Waals surface area (Å²) in [5.74, 6) is 0. The predicted molar refractivity (Wildman–Crippen MR) is 62.9 cm³/mol. The van der Waals surface area contributed by atoms with Crippen LogP contribution in [-0.4, -0.2) is 27.7 Å². The highest BCUT2D eigenvalue weighted by Gasteiger charge is 2.20. The summed E-state index contributed by atoms with van der Waals surface area (Å²) in [5.41, 5.74) is 6.18. The molecule has 0 fully saturated rings. The molecule has 16 heavy (non-hydrogen) atoms. The average Bonchev–Trinajstić information content (AvgIpc) is 2.63. The molecular weight excluding hydrogens is 204 g/mol. The van der Waals surface area contributed by atoms with Crippen LogP contribution < -0.4 is 5.73 Å². The molecule has 1 heterocycles. The second-order valence-electron chi connectivity index (χ2n) is 5.30. The Morgan fingerprint density at radius 3 is 2.44 bits per heavy atom. The maximum absolute atomic E-state index is 5.94. The largest absolute Gasteiger partial charge is 0.379 e. The zero-order valence-electron chi connectivity index (χ0n) is 10.8. The Bertz CT molecular complexity index is 338. The molecule has 1 rings (SSSR count). The summed E-state index contributed by atoms with van der Waals surface area (Å²) in [5, 5.41) is 8.11. The van der Waals surface area contributed by atoms with Gasteiger partial charge in [0.15, 0.2) is 0 Å². The van der Waals surface area contributed by atoms with Crippen LogP contribution in [0.15, 0.2) is 6.20 Å². The average molecular weight is 226 g/mol. The molecule has 2 N–H and O–H groups in total. The van der Waals surface area contributed by atoms with Crippen LogP contribution in [-0.2, 0) is 16.8 Å². The Labute approximate surface area is 97.0 Å². The van der Waals surface area contributed by atoms with Gasteiger partial charge in [-0.3, -0.25) is 4.68 Å². The summed E-state index contributed by atoms with van der Waals surface area (Å²) in [6, 6.07) is 0. The summed E-state index contributed by atoms with van der Waals surface area (Å²) < 4.78 is 7.16. The van der Waals surface area contributed by atoms with Crippen molar-refractivity contribution >= 4 is 0 Å². The third-order valence-corrected chi connectivity index (χ3v) is 2.69. The van der Waals surface area contributed by atoms with Gasteiger partial charge in [-0.15, -0.1) is 5.10 Å². The quantitative estimate of drug-likeness (QED) is 0.821. The topological polar surface area (TPSA) is 66.0 Å². The smallest absolute Gasteiger partial charge is 0.102 e. The molecule has 0 spiro atoms. The Morgan fingerprint density at radius 1 is 1.38 bits per heavy atom. The first kappa shape index (κ1) is 13.1. The van der Waals surface area contributed by atoms with E-state index in [1.807, 2.05) is 24.7 Å². The van der Waals surface area contributed by atoms with Gasteiger partial charge in [0.2, 0.25) is 0 Å². The molecule has 1 aromatic rings. The zero-order valence-corrected chi connectivity index (χ0v) is 10.8. The molecule has 0 bridgehead atoms. The third kappa shape index (κ3) is 3.57. The molecule has 0 amide bonds. The summed E-state index contributed by atoms with van der Waals surface area (Å²) in [6.07, 6.45) is 2.78. The van der Waals surface area contributed by atoms with Crippen LogP contribution in [0.1, 0.15) is 39.8 Å². The van der Waals surface area contributed by atoms with Crippen LogP contribution in [0.4, 0.5) is 0 Å². The molecule has 0 radical (unpaired) electrons. The summed E-state index contributed by atoms with van der Waals surface area (Å²) in [4.78, 5) is 0. The van der Waals surface area contributed by atoms with Crippen molar-refractivity contribution in [1.29, 1.82) is 0 Å². The van der Waals surface area contributed by atoms with Crippen molar-refractivity contribution in [1.82, 2.24) is 15.0 Å². The number of hydrogen-bond donors (Lipinski definition) is 1. The van der Waals surface area contributed by atoms with E-state index in [1.54, 1.807) is 7.11 Å². The SMILES string of the molecule is COC(C)(C)CCn1cc(C(C)(C)N)nn1. The van der Waals surface area contributed by atoms with Gasteiger partial charge in [0.25, 0.3) is 0 Å². The minimum Gasteiger partial charge on any atom is -0.379 e. The van der Waals surface area contributed by atoms with Gasteiger partial charge in [-0.05, 0) is 34.1 Å². The number of aryl methyl sites for hydroxylation is 1. The van der Waals surface area contributed by atoms with E-state index in [9.17, 15) is 0 Å². The van der Waals surface area contributed by atoms with E-state index in [-0.39, 0.29) is 5.60 Å². The van der Waals surface area contributed by atoms with E-state index in [4.69, 9.17) is 10.5 Å². The fraction of sp³-hybridized carbons (Fsp3) is 0.818. The lowest BCUT2D eigenvalue weighted by Crippen LogP contribution is -2.29. The number of ether oxygens (including phenoxy) is 1. The Kier molecular flexibility index (Phi) is 3.70. The monoisotopic (exact) mass is 226 g/mol. The van der Waals surface area contributed by atoms with Crippen molar-refractivity contribution < 1.29 is 4.74 Å². The van der Waals surface area contributed by atoms with Crippen LogP contribution in [0.3, 0.4) is 0 Å². The van der Waals surface area contributed by atoms with E-state index in [2.05, 4.69) is 24.2 Å². The van der Waals surface area contributed by atoms with E-state index in [1.165, 1.54) is 0 Å². The van der Waals surface area contributed by atoms with Crippen molar-refractivity contribution in [3.8, 4) is 0 Å². The number of nitrogens with two attached hydrogens (primary N) is 1. The molecule has 0 aromatic carbocycles. The molecule has 5 nitrogen and oxygen atoms in total. The van der Waals surface area contributed by atoms with Crippen molar-refractivity contribution in [2.45, 2.75) is 51.8 Å². The highest BCUT2D eigenvalue weighted by atomic mass is 16.5. The molecule has 92 valence electrons. The van der Waals surface area contributed by atoms with Crippen LogP contribution in [0.2, 0.25) is 0 Å². The van der Waals surface area contributed by atoms with Crippen molar-refractivity contribution in [3.05, 3.63) is 11.9 Å². The molecule has 0 unspecified atom stereocenters. The maximum Gasteiger partial charge on any atom is 0.102 e. The highest BCUT2D eigenvalue weighted by Crippen LogP contribution is 2.16. The number of aromatic nitrogens is 3. The fourth-order valence-electron chi connectivity index (χ4n) is 1.19. The van der Waals surface area contributed by atoms with Gasteiger partial charge in [0.05, 0.1) is 17.3 Å². The van der Waals surface area contributed by atoms with Gasteiger partial charge in [-0.1, -0.05) is 5.21 Å². The second-order valence-corrected chi connectivity index (χ2v) is 5.30. The molecule has 0 aliphatic rings. The molecule has 0 saturated carbocycles. The Hall–Kier alpha value is -0.940. The van der Waals surface area contributed by atoms with Crippen LogP contribution in [0.5, 0.6) is 0 Å². The summed E-state index contributed by atoms with van der Waals surface area (Å²) >= 11 is 0. The summed E-state index contributed by atoms with van der Waals surface area (Å²) in [6.45, 7) is 8.72. The molecule has 1 aromatic heterocycles. The lowest BCUT2D eigenvalue weighted by Gasteiger charge is -2.22. The fourth-order valence-corrected chi connectivity index (χ4v) is 1.19. The predicted octanol–water partition coefficient (Wildman–Crippen LogP) is 1.29. The van der Waals surface area contributed by atoms with E-state index >= 15 is 0 Å². The lowest BCUT2D eigenvalue weighted by molar-refractivity contribution is 0.0112. The molecule has 0 aliphatic carbocycles. The van der Waals surface area contributed by atoms with E-state index in [0.717, 1.165) is 18.7 Å². The first-order valence-corrected chi connectivity index (χ1v) is 5.49. The molecular formula is C11H22N4O. The first-order chi connectivity index (χ1) is 7.24. The van der Waals surface area contributed by atoms with Crippen LogP contribution in [0.25, 0.3) is 0 Å². The van der Waals surface area contributed by atoms with Gasteiger partial charge in [-0.2, -0.15) is 0 Å². The Morgan fingerprint density at radius 2 is 2.00 bits per heavy atom.